The van der Waals surface area contributed by atoms with Crippen molar-refractivity contribution in [3.63, 3.8) is 0 Å². The van der Waals surface area contributed by atoms with Gasteiger partial charge in [-0.3, -0.25) is 4.79 Å². The number of nitrogens with zero attached hydrogens (tertiary/aromatic N) is 3. The number of benzene rings is 1. The molecule has 1 N–H and O–H groups in total. The highest BCUT2D eigenvalue weighted by Crippen LogP contribution is 2.26. The lowest BCUT2D eigenvalue weighted by molar-refractivity contribution is 0.0649. The van der Waals surface area contributed by atoms with Crippen molar-refractivity contribution in [3.8, 4) is 17.1 Å². The van der Waals surface area contributed by atoms with Gasteiger partial charge < -0.3 is 14.6 Å². The Kier molecular flexibility index (Phi) is 5.89. The second-order valence-corrected chi connectivity index (χ2v) is 6.77. The van der Waals surface area contributed by atoms with E-state index in [-0.39, 0.29) is 24.4 Å². The average Bonchev–Trinajstić information content (AvgIpc) is 3.31. The zero-order valence-corrected chi connectivity index (χ0v) is 16.3. The predicted molar refractivity (Wildman–Crippen MR) is 107 cm³/mol. The molecule has 0 radical (unpaired) electrons. The minimum Gasteiger partial charge on any atom is -0.463 e. The summed E-state index contributed by atoms with van der Waals surface area (Å²) in [5.74, 6) is 0.567. The highest BCUT2D eigenvalue weighted by atomic mass is 35.5. The van der Waals surface area contributed by atoms with Crippen LogP contribution >= 0.6 is 24.0 Å². The molecule has 142 valence electrons. The molecule has 2 aromatic heterocycles. The highest BCUT2D eigenvalue weighted by molar-refractivity contribution is 6.30. The second kappa shape index (κ2) is 8.17. The van der Waals surface area contributed by atoms with E-state index in [2.05, 4.69) is 10.4 Å². The fraction of sp³-hybridized carbons (Fsp3) is 0.263. The van der Waals surface area contributed by atoms with E-state index in [0.717, 1.165) is 18.8 Å². The molecule has 3 heterocycles. The molecule has 1 saturated heterocycles. The maximum absolute atomic E-state index is 13.0. The molecule has 3 aromatic rings. The molecule has 4 rings (SSSR count). The van der Waals surface area contributed by atoms with Gasteiger partial charge in [-0.15, -0.1) is 12.4 Å². The lowest BCUT2D eigenvalue weighted by Crippen LogP contribution is -2.52. The summed E-state index contributed by atoms with van der Waals surface area (Å²) < 4.78 is 7.24. The molecule has 8 heteroatoms. The number of carbonyl (C=O) groups excluding carboxylic acids is 1. The molecule has 0 saturated carbocycles. The third-order valence-electron chi connectivity index (χ3n) is 4.52. The van der Waals surface area contributed by atoms with E-state index < -0.39 is 0 Å². The van der Waals surface area contributed by atoms with E-state index in [0.29, 0.717) is 28.7 Å². The molecule has 1 aliphatic heterocycles. The van der Waals surface area contributed by atoms with Crippen LogP contribution in [0, 0.1) is 0 Å². The lowest BCUT2D eigenvalue weighted by atomic mass is 10.2. The fourth-order valence-electron chi connectivity index (χ4n) is 3.18. The first kappa shape index (κ1) is 19.5. The molecule has 27 heavy (non-hydrogen) atoms. The maximum Gasteiger partial charge on any atom is 0.274 e. The van der Waals surface area contributed by atoms with E-state index in [1.807, 2.05) is 42.2 Å². The van der Waals surface area contributed by atoms with Gasteiger partial charge in [-0.2, -0.15) is 5.10 Å². The van der Waals surface area contributed by atoms with Gasteiger partial charge in [0.2, 0.25) is 0 Å². The first-order valence-electron chi connectivity index (χ1n) is 8.55. The monoisotopic (exact) mass is 406 g/mol. The van der Waals surface area contributed by atoms with Crippen molar-refractivity contribution in [1.82, 2.24) is 20.0 Å². The summed E-state index contributed by atoms with van der Waals surface area (Å²) in [6.45, 7) is 4.27. The van der Waals surface area contributed by atoms with Gasteiger partial charge in [-0.1, -0.05) is 17.7 Å². The third-order valence-corrected chi connectivity index (χ3v) is 4.75. The van der Waals surface area contributed by atoms with Gasteiger partial charge in [-0.25, -0.2) is 4.68 Å². The van der Waals surface area contributed by atoms with Crippen molar-refractivity contribution in [2.45, 2.75) is 13.0 Å². The minimum absolute atomic E-state index is 0. The van der Waals surface area contributed by atoms with Crippen molar-refractivity contribution >= 4 is 29.9 Å². The average molecular weight is 407 g/mol. The molecular weight excluding hydrogens is 387 g/mol. The first-order valence-corrected chi connectivity index (χ1v) is 8.93. The number of rotatable bonds is 3. The van der Waals surface area contributed by atoms with Crippen LogP contribution in [0.2, 0.25) is 5.02 Å². The summed E-state index contributed by atoms with van der Waals surface area (Å²) >= 11 is 6.14. The molecule has 1 atom stereocenters. The topological polar surface area (TPSA) is 63.3 Å². The Balaban J connectivity index is 0.00000210. The Morgan fingerprint density at radius 3 is 2.85 bits per heavy atom. The number of halogens is 2. The number of hydrogen-bond donors (Lipinski definition) is 1. The van der Waals surface area contributed by atoms with E-state index >= 15 is 0 Å². The van der Waals surface area contributed by atoms with Crippen LogP contribution in [0.3, 0.4) is 0 Å². The Hall–Kier alpha value is -2.28. The van der Waals surface area contributed by atoms with Crippen LogP contribution in [-0.2, 0) is 0 Å². The molecule has 6 nitrogen and oxygen atoms in total. The Morgan fingerprint density at radius 1 is 1.30 bits per heavy atom. The third kappa shape index (κ3) is 3.88. The SMILES string of the molecule is C[C@H]1CNCCN1C(=O)c1cc(-c2ccco2)n(-c2cccc(Cl)c2)n1.Cl. The highest BCUT2D eigenvalue weighted by Gasteiger charge is 2.27. The van der Waals surface area contributed by atoms with Gasteiger partial charge in [0.15, 0.2) is 11.5 Å². The lowest BCUT2D eigenvalue weighted by Gasteiger charge is -2.33. The molecule has 1 aromatic carbocycles. The van der Waals surface area contributed by atoms with Gasteiger partial charge >= 0.3 is 0 Å². The molecule has 1 amide bonds. The number of amides is 1. The normalized spacial score (nSPS) is 16.8. The Labute approximate surface area is 168 Å². The number of piperazine rings is 1. The quantitative estimate of drug-likeness (QED) is 0.720. The summed E-state index contributed by atoms with van der Waals surface area (Å²) in [5.41, 5.74) is 1.88. The van der Waals surface area contributed by atoms with Gasteiger partial charge in [0.1, 0.15) is 5.69 Å². The van der Waals surface area contributed by atoms with Crippen LogP contribution < -0.4 is 5.32 Å². The van der Waals surface area contributed by atoms with Crippen molar-refractivity contribution in [1.29, 1.82) is 0 Å². The minimum atomic E-state index is -0.0763. The number of nitrogens with one attached hydrogen (secondary N) is 1. The molecule has 0 aliphatic carbocycles. The Bertz CT molecular complexity index is 924. The maximum atomic E-state index is 13.0. The van der Waals surface area contributed by atoms with Crippen LogP contribution in [0.4, 0.5) is 0 Å². The summed E-state index contributed by atoms with van der Waals surface area (Å²) in [6, 6.07) is 12.9. The summed E-state index contributed by atoms with van der Waals surface area (Å²) in [4.78, 5) is 14.9. The van der Waals surface area contributed by atoms with Crippen LogP contribution in [-0.4, -0.2) is 46.3 Å². The Morgan fingerprint density at radius 2 is 2.15 bits per heavy atom. The van der Waals surface area contributed by atoms with Crippen LogP contribution in [0.1, 0.15) is 17.4 Å². The van der Waals surface area contributed by atoms with E-state index in [9.17, 15) is 4.79 Å². The van der Waals surface area contributed by atoms with Crippen molar-refractivity contribution in [2.24, 2.45) is 0 Å². The molecular formula is C19H20Cl2N4O2. The van der Waals surface area contributed by atoms with E-state index in [4.69, 9.17) is 16.0 Å². The molecule has 0 bridgehead atoms. The van der Waals surface area contributed by atoms with Gasteiger partial charge in [-0.05, 0) is 37.3 Å². The standard InChI is InChI=1S/C19H19ClN4O2.ClH/c1-13-12-21-7-8-23(13)19(25)16-11-17(18-6-3-9-26-18)24(22-16)15-5-2-4-14(20)10-15;/h2-6,9-11,13,21H,7-8,12H2,1H3;1H/t13-;/m0./s1. The van der Waals surface area contributed by atoms with Gasteiger partial charge in [0.25, 0.3) is 5.91 Å². The van der Waals surface area contributed by atoms with E-state index in [1.165, 1.54) is 0 Å². The first-order chi connectivity index (χ1) is 12.6. The van der Waals surface area contributed by atoms with Crippen LogP contribution in [0.25, 0.3) is 17.1 Å². The summed E-state index contributed by atoms with van der Waals surface area (Å²) in [6.07, 6.45) is 1.60. The number of hydrogen-bond acceptors (Lipinski definition) is 4. The second-order valence-electron chi connectivity index (χ2n) is 6.34. The largest absolute Gasteiger partial charge is 0.463 e. The summed E-state index contributed by atoms with van der Waals surface area (Å²) in [7, 11) is 0. The smallest absolute Gasteiger partial charge is 0.274 e. The number of carbonyl (C=O) groups is 1. The fourth-order valence-corrected chi connectivity index (χ4v) is 3.36. The number of aromatic nitrogens is 2. The van der Waals surface area contributed by atoms with Gasteiger partial charge in [0.05, 0.1) is 12.0 Å². The molecule has 1 fully saturated rings. The summed E-state index contributed by atoms with van der Waals surface area (Å²) in [5, 5.41) is 8.47. The molecule has 0 unspecified atom stereocenters. The van der Waals surface area contributed by atoms with Crippen molar-refractivity contribution in [3.05, 3.63) is 59.4 Å². The molecule has 1 aliphatic rings. The molecule has 0 spiro atoms. The van der Waals surface area contributed by atoms with Crippen LogP contribution in [0.5, 0.6) is 0 Å². The number of furan rings is 1. The zero-order valence-electron chi connectivity index (χ0n) is 14.8. The zero-order chi connectivity index (χ0) is 18.1. The van der Waals surface area contributed by atoms with Crippen molar-refractivity contribution in [2.75, 3.05) is 19.6 Å². The predicted octanol–water partition coefficient (Wildman–Crippen LogP) is 3.64. The van der Waals surface area contributed by atoms with E-state index in [1.54, 1.807) is 23.1 Å². The van der Waals surface area contributed by atoms with Gasteiger partial charge in [0, 0.05) is 36.8 Å². The van der Waals surface area contributed by atoms with Crippen LogP contribution in [0.15, 0.2) is 53.1 Å². The van der Waals surface area contributed by atoms with Crippen molar-refractivity contribution < 1.29 is 9.21 Å².